The number of carbonyl (C=O) groups excluding carboxylic acids is 1. The first-order chi connectivity index (χ1) is 10.9. The number of Topliss-reactive ketones (excluding diaryl/α,β-unsaturated/α-hetero) is 1. The highest BCUT2D eigenvalue weighted by Gasteiger charge is 2.39. The molecule has 0 heterocycles. The molecule has 23 heavy (non-hydrogen) atoms. The van der Waals surface area contributed by atoms with Gasteiger partial charge in [-0.15, -0.1) is 0 Å². The van der Waals surface area contributed by atoms with Gasteiger partial charge in [0, 0.05) is 12.0 Å². The summed E-state index contributed by atoms with van der Waals surface area (Å²) in [4.78, 5) is 11.3. The Kier molecular flexibility index (Phi) is 5.17. The Morgan fingerprint density at radius 2 is 1.74 bits per heavy atom. The minimum Gasteiger partial charge on any atom is -0.290 e. The Hall–Kier alpha value is -2.61. The summed E-state index contributed by atoms with van der Waals surface area (Å²) in [5, 5.41) is 0. The molecule has 2 aromatic carbocycles. The van der Waals surface area contributed by atoms with E-state index in [1.807, 2.05) is 0 Å². The van der Waals surface area contributed by atoms with E-state index in [0.717, 1.165) is 0 Å². The van der Waals surface area contributed by atoms with Gasteiger partial charge < -0.3 is 0 Å². The van der Waals surface area contributed by atoms with Crippen molar-refractivity contribution in [3.8, 4) is 11.8 Å². The molecule has 0 unspecified atom stereocenters. The predicted molar refractivity (Wildman–Crippen MR) is 78.1 cm³/mol. The molecule has 0 aromatic heterocycles. The van der Waals surface area contributed by atoms with Gasteiger partial charge in [-0.2, -0.15) is 13.2 Å². The molecule has 1 nitrogen and oxygen atoms in total. The second-order valence-electron chi connectivity index (χ2n) is 4.87. The Labute approximate surface area is 131 Å². The number of ketones is 1. The summed E-state index contributed by atoms with van der Waals surface area (Å²) in [6.07, 6.45) is -5.66. The molecule has 1 atom stereocenters. The van der Waals surface area contributed by atoms with Crippen molar-refractivity contribution >= 4 is 5.78 Å². The fourth-order valence-electron chi connectivity index (χ4n) is 1.98. The minimum absolute atomic E-state index is 0.338. The molecule has 0 fully saturated rings. The maximum absolute atomic E-state index is 13.1. The van der Waals surface area contributed by atoms with Crippen LogP contribution in [-0.2, 0) is 4.79 Å². The van der Waals surface area contributed by atoms with Crippen LogP contribution in [0.15, 0.2) is 54.6 Å². The van der Waals surface area contributed by atoms with Gasteiger partial charge in [-0.1, -0.05) is 48.2 Å². The van der Waals surface area contributed by atoms with Crippen LogP contribution < -0.4 is 0 Å². The lowest BCUT2D eigenvalue weighted by atomic mass is 9.93. The zero-order valence-corrected chi connectivity index (χ0v) is 11.9. The van der Waals surface area contributed by atoms with Crippen molar-refractivity contribution in [3.05, 3.63) is 71.5 Å². The Bertz CT molecular complexity index is 739. The molecule has 0 bridgehead atoms. The topological polar surface area (TPSA) is 17.1 Å². The molecule has 0 amide bonds. The van der Waals surface area contributed by atoms with Crippen molar-refractivity contribution in [1.29, 1.82) is 0 Å². The lowest BCUT2D eigenvalue weighted by Crippen LogP contribution is -2.24. The average molecular weight is 320 g/mol. The molecule has 0 saturated carbocycles. The Balaban J connectivity index is 2.30. The highest BCUT2D eigenvalue weighted by Crippen LogP contribution is 2.26. The van der Waals surface area contributed by atoms with E-state index in [9.17, 15) is 22.4 Å². The molecule has 0 radical (unpaired) electrons. The normalized spacial score (nSPS) is 12.2. The zero-order valence-electron chi connectivity index (χ0n) is 11.9. The number of halogens is 4. The van der Waals surface area contributed by atoms with Crippen molar-refractivity contribution in [3.63, 3.8) is 0 Å². The Morgan fingerprint density at radius 3 is 2.35 bits per heavy atom. The standard InChI is InChI=1S/C18H12F4O/c19-16-8-4-5-13(11-16)9-10-15(12-17(23)18(20,21)22)14-6-2-1-3-7-14/h1-8,11,15H,12H2/t15-/m1/s1. The number of carbonyl (C=O) groups is 1. The van der Waals surface area contributed by atoms with E-state index in [2.05, 4.69) is 11.8 Å². The average Bonchev–Trinajstić information content (AvgIpc) is 2.51. The Morgan fingerprint density at radius 1 is 1.04 bits per heavy atom. The van der Waals surface area contributed by atoms with Gasteiger partial charge in [0.1, 0.15) is 5.82 Å². The van der Waals surface area contributed by atoms with Crippen LogP contribution in [0.25, 0.3) is 0 Å². The van der Waals surface area contributed by atoms with Crippen molar-refractivity contribution < 1.29 is 22.4 Å². The van der Waals surface area contributed by atoms with Crippen molar-refractivity contribution in [2.45, 2.75) is 18.5 Å². The SMILES string of the molecule is O=C(C[C@@H](C#Cc1cccc(F)c1)c1ccccc1)C(F)(F)F. The number of hydrogen-bond acceptors (Lipinski definition) is 1. The molecule has 2 rings (SSSR count). The van der Waals surface area contributed by atoms with Crippen LogP contribution in [-0.4, -0.2) is 12.0 Å². The second-order valence-corrected chi connectivity index (χ2v) is 4.87. The van der Waals surface area contributed by atoms with E-state index in [1.54, 1.807) is 36.4 Å². The van der Waals surface area contributed by atoms with Gasteiger partial charge in [-0.05, 0) is 23.8 Å². The number of rotatable bonds is 3. The monoisotopic (exact) mass is 320 g/mol. The first-order valence-corrected chi connectivity index (χ1v) is 6.78. The number of benzene rings is 2. The summed E-state index contributed by atoms with van der Waals surface area (Å²) in [7, 11) is 0. The molecular formula is C18H12F4O. The summed E-state index contributed by atoms with van der Waals surface area (Å²) in [5.41, 5.74) is 0.847. The minimum atomic E-state index is -4.90. The molecule has 0 spiro atoms. The molecule has 0 aliphatic heterocycles. The largest absolute Gasteiger partial charge is 0.450 e. The van der Waals surface area contributed by atoms with E-state index in [4.69, 9.17) is 0 Å². The smallest absolute Gasteiger partial charge is 0.290 e. The van der Waals surface area contributed by atoms with E-state index in [-0.39, 0.29) is 0 Å². The van der Waals surface area contributed by atoms with E-state index < -0.39 is 30.1 Å². The van der Waals surface area contributed by atoms with E-state index in [1.165, 1.54) is 18.2 Å². The summed E-state index contributed by atoms with van der Waals surface area (Å²) < 4.78 is 50.6. The van der Waals surface area contributed by atoms with Gasteiger partial charge in [-0.3, -0.25) is 4.79 Å². The molecule has 0 aliphatic rings. The third kappa shape index (κ3) is 4.96. The third-order valence-electron chi connectivity index (χ3n) is 3.12. The van der Waals surface area contributed by atoms with Gasteiger partial charge >= 0.3 is 6.18 Å². The number of alkyl halides is 3. The molecule has 0 aliphatic carbocycles. The highest BCUT2D eigenvalue weighted by molar-refractivity contribution is 5.85. The lowest BCUT2D eigenvalue weighted by molar-refractivity contribution is -0.171. The third-order valence-corrected chi connectivity index (χ3v) is 3.12. The first-order valence-electron chi connectivity index (χ1n) is 6.78. The predicted octanol–water partition coefficient (Wildman–Crippen LogP) is 4.48. The fourth-order valence-corrected chi connectivity index (χ4v) is 1.98. The van der Waals surface area contributed by atoms with Crippen LogP contribution in [0.4, 0.5) is 17.6 Å². The van der Waals surface area contributed by atoms with Crippen LogP contribution >= 0.6 is 0 Å². The van der Waals surface area contributed by atoms with Crippen molar-refractivity contribution in [2.75, 3.05) is 0 Å². The van der Waals surface area contributed by atoms with Gasteiger partial charge in [-0.25, -0.2) is 4.39 Å². The summed E-state index contributed by atoms with van der Waals surface area (Å²) in [5.74, 6) is 2.05. The van der Waals surface area contributed by atoms with E-state index >= 15 is 0 Å². The van der Waals surface area contributed by atoms with Crippen LogP contribution in [0.1, 0.15) is 23.5 Å². The molecule has 0 N–H and O–H groups in total. The molecular weight excluding hydrogens is 308 g/mol. The summed E-state index contributed by atoms with van der Waals surface area (Å²) in [6.45, 7) is 0. The van der Waals surface area contributed by atoms with Gasteiger partial charge in [0.25, 0.3) is 0 Å². The molecule has 118 valence electrons. The summed E-state index contributed by atoms with van der Waals surface area (Å²) >= 11 is 0. The van der Waals surface area contributed by atoms with Crippen LogP contribution in [0, 0.1) is 17.7 Å². The van der Waals surface area contributed by atoms with Crippen molar-refractivity contribution in [1.82, 2.24) is 0 Å². The molecule has 2 aromatic rings. The van der Waals surface area contributed by atoms with Crippen molar-refractivity contribution in [2.24, 2.45) is 0 Å². The van der Waals surface area contributed by atoms with E-state index in [0.29, 0.717) is 11.1 Å². The zero-order chi connectivity index (χ0) is 16.9. The van der Waals surface area contributed by atoms with Crippen LogP contribution in [0.2, 0.25) is 0 Å². The molecule has 0 saturated heterocycles. The van der Waals surface area contributed by atoms with Crippen LogP contribution in [0.3, 0.4) is 0 Å². The fraction of sp³-hybridized carbons (Fsp3) is 0.167. The second kappa shape index (κ2) is 7.10. The maximum atomic E-state index is 13.1. The first kappa shape index (κ1) is 16.8. The summed E-state index contributed by atoms with van der Waals surface area (Å²) in [6, 6.07) is 13.7. The van der Waals surface area contributed by atoms with Gasteiger partial charge in [0.05, 0.1) is 5.92 Å². The number of hydrogen-bond donors (Lipinski definition) is 0. The molecule has 5 heteroatoms. The van der Waals surface area contributed by atoms with Gasteiger partial charge in [0.2, 0.25) is 5.78 Å². The van der Waals surface area contributed by atoms with Crippen LogP contribution in [0.5, 0.6) is 0 Å². The lowest BCUT2D eigenvalue weighted by Gasteiger charge is -2.12. The maximum Gasteiger partial charge on any atom is 0.450 e. The van der Waals surface area contributed by atoms with Gasteiger partial charge in [0.15, 0.2) is 0 Å². The quantitative estimate of drug-likeness (QED) is 0.602. The highest BCUT2D eigenvalue weighted by atomic mass is 19.4.